The molecule has 0 unspecified atom stereocenters. The van der Waals surface area contributed by atoms with Gasteiger partial charge < -0.3 is 9.47 Å². The van der Waals surface area contributed by atoms with E-state index < -0.39 is 0 Å². The van der Waals surface area contributed by atoms with Gasteiger partial charge in [-0.15, -0.1) is 0 Å². The molecule has 1 aliphatic rings. The SMILES string of the molecule is CCCCCC.O=C1CCCCC(=O)OCCCCO1. The Morgan fingerprint density at radius 1 is 0.750 bits per heavy atom. The van der Waals surface area contributed by atoms with E-state index in [2.05, 4.69) is 13.8 Å². The van der Waals surface area contributed by atoms with E-state index >= 15 is 0 Å². The number of ether oxygens (including phenoxy) is 2. The Morgan fingerprint density at radius 3 is 1.50 bits per heavy atom. The summed E-state index contributed by atoms with van der Waals surface area (Å²) in [7, 11) is 0. The van der Waals surface area contributed by atoms with Crippen LogP contribution in [0.25, 0.3) is 0 Å². The van der Waals surface area contributed by atoms with Crippen molar-refractivity contribution in [1.82, 2.24) is 0 Å². The molecule has 0 aromatic rings. The molecule has 1 saturated heterocycles. The topological polar surface area (TPSA) is 52.6 Å². The lowest BCUT2D eigenvalue weighted by molar-refractivity contribution is -0.147. The minimum atomic E-state index is -0.154. The van der Waals surface area contributed by atoms with Gasteiger partial charge in [0, 0.05) is 12.8 Å². The molecule has 0 saturated carbocycles. The highest BCUT2D eigenvalue weighted by Gasteiger charge is 2.07. The summed E-state index contributed by atoms with van der Waals surface area (Å²) in [5.41, 5.74) is 0. The molecule has 0 amide bonds. The summed E-state index contributed by atoms with van der Waals surface area (Å²) in [6, 6.07) is 0. The van der Waals surface area contributed by atoms with Crippen molar-refractivity contribution in [3.8, 4) is 0 Å². The largest absolute Gasteiger partial charge is 0.466 e. The third kappa shape index (κ3) is 13.4. The molecule has 1 aliphatic heterocycles. The van der Waals surface area contributed by atoms with Crippen molar-refractivity contribution in [2.75, 3.05) is 13.2 Å². The average Bonchev–Trinajstić information content (AvgIpc) is 2.44. The lowest BCUT2D eigenvalue weighted by Crippen LogP contribution is -2.11. The lowest BCUT2D eigenvalue weighted by Gasteiger charge is -2.08. The maximum atomic E-state index is 11.0. The number of carbonyl (C=O) groups is 2. The summed E-state index contributed by atoms with van der Waals surface area (Å²) in [5.74, 6) is -0.308. The van der Waals surface area contributed by atoms with Crippen LogP contribution in [0.1, 0.15) is 78.1 Å². The van der Waals surface area contributed by atoms with E-state index in [1.54, 1.807) is 0 Å². The zero-order valence-electron chi connectivity index (χ0n) is 13.1. The van der Waals surface area contributed by atoms with Crippen LogP contribution in [0.15, 0.2) is 0 Å². The fraction of sp³-hybridized carbons (Fsp3) is 0.875. The van der Waals surface area contributed by atoms with E-state index in [0.29, 0.717) is 38.9 Å². The summed E-state index contributed by atoms with van der Waals surface area (Å²) >= 11 is 0. The van der Waals surface area contributed by atoms with Crippen LogP contribution < -0.4 is 0 Å². The van der Waals surface area contributed by atoms with Crippen molar-refractivity contribution in [2.24, 2.45) is 0 Å². The molecule has 4 nitrogen and oxygen atoms in total. The second kappa shape index (κ2) is 14.4. The minimum absolute atomic E-state index is 0.154. The second-order valence-corrected chi connectivity index (χ2v) is 5.06. The van der Waals surface area contributed by atoms with Crippen molar-refractivity contribution in [1.29, 1.82) is 0 Å². The van der Waals surface area contributed by atoms with Crippen LogP contribution in [-0.2, 0) is 19.1 Å². The third-order valence-electron chi connectivity index (χ3n) is 3.03. The van der Waals surface area contributed by atoms with Gasteiger partial charge in [0.25, 0.3) is 0 Å². The number of carbonyl (C=O) groups excluding carboxylic acids is 2. The van der Waals surface area contributed by atoms with Crippen LogP contribution in [0.2, 0.25) is 0 Å². The van der Waals surface area contributed by atoms with E-state index in [1.165, 1.54) is 25.7 Å². The summed E-state index contributed by atoms with van der Waals surface area (Å²) in [6.07, 6.45) is 9.29. The normalized spacial score (nSPS) is 17.7. The van der Waals surface area contributed by atoms with E-state index in [4.69, 9.17) is 9.47 Å². The molecule has 0 N–H and O–H groups in total. The Labute approximate surface area is 123 Å². The Morgan fingerprint density at radius 2 is 1.15 bits per heavy atom. The highest BCUT2D eigenvalue weighted by molar-refractivity contribution is 5.70. The van der Waals surface area contributed by atoms with Crippen LogP contribution >= 0.6 is 0 Å². The third-order valence-corrected chi connectivity index (χ3v) is 3.03. The maximum Gasteiger partial charge on any atom is 0.305 e. The van der Waals surface area contributed by atoms with Crippen LogP contribution in [-0.4, -0.2) is 25.2 Å². The van der Waals surface area contributed by atoms with Crippen LogP contribution in [0.4, 0.5) is 0 Å². The van der Waals surface area contributed by atoms with Gasteiger partial charge in [-0.05, 0) is 25.7 Å². The molecular formula is C16H30O4. The molecule has 1 fully saturated rings. The quantitative estimate of drug-likeness (QED) is 0.581. The second-order valence-electron chi connectivity index (χ2n) is 5.06. The molecule has 20 heavy (non-hydrogen) atoms. The maximum absolute atomic E-state index is 11.0. The van der Waals surface area contributed by atoms with Gasteiger partial charge in [-0.1, -0.05) is 39.5 Å². The molecule has 0 radical (unpaired) electrons. The van der Waals surface area contributed by atoms with Gasteiger partial charge in [0.1, 0.15) is 0 Å². The summed E-state index contributed by atoms with van der Waals surface area (Å²) in [5, 5.41) is 0. The Balaban J connectivity index is 0.000000511. The molecule has 0 atom stereocenters. The molecule has 118 valence electrons. The van der Waals surface area contributed by atoms with Crippen molar-refractivity contribution in [3.63, 3.8) is 0 Å². The zero-order chi connectivity index (χ0) is 15.1. The Hall–Kier alpha value is -1.06. The number of hydrogen-bond acceptors (Lipinski definition) is 4. The number of hydrogen-bond donors (Lipinski definition) is 0. The van der Waals surface area contributed by atoms with Gasteiger partial charge in [0.2, 0.25) is 0 Å². The lowest BCUT2D eigenvalue weighted by atomic mass is 10.2. The van der Waals surface area contributed by atoms with Crippen molar-refractivity contribution in [2.45, 2.75) is 78.1 Å². The van der Waals surface area contributed by atoms with E-state index in [9.17, 15) is 9.59 Å². The monoisotopic (exact) mass is 286 g/mol. The Bertz CT molecular complexity index is 225. The van der Waals surface area contributed by atoms with E-state index in [0.717, 1.165) is 12.8 Å². The number of cyclic esters (lactones) is 2. The van der Waals surface area contributed by atoms with Gasteiger partial charge in [-0.25, -0.2) is 0 Å². The first kappa shape index (κ1) is 18.9. The van der Waals surface area contributed by atoms with Crippen LogP contribution in [0.3, 0.4) is 0 Å². The summed E-state index contributed by atoms with van der Waals surface area (Å²) < 4.78 is 9.92. The molecule has 0 aromatic carbocycles. The van der Waals surface area contributed by atoms with Crippen molar-refractivity contribution < 1.29 is 19.1 Å². The highest BCUT2D eigenvalue weighted by atomic mass is 16.5. The summed E-state index contributed by atoms with van der Waals surface area (Å²) in [4.78, 5) is 22.1. The van der Waals surface area contributed by atoms with Gasteiger partial charge in [-0.3, -0.25) is 9.59 Å². The fourth-order valence-corrected chi connectivity index (χ4v) is 1.76. The van der Waals surface area contributed by atoms with E-state index in [-0.39, 0.29) is 11.9 Å². The first-order valence-electron chi connectivity index (χ1n) is 8.02. The smallest absolute Gasteiger partial charge is 0.305 e. The number of unbranched alkanes of at least 4 members (excludes halogenated alkanes) is 3. The van der Waals surface area contributed by atoms with Crippen LogP contribution in [0.5, 0.6) is 0 Å². The van der Waals surface area contributed by atoms with Crippen molar-refractivity contribution in [3.05, 3.63) is 0 Å². The van der Waals surface area contributed by atoms with Crippen molar-refractivity contribution >= 4 is 11.9 Å². The highest BCUT2D eigenvalue weighted by Crippen LogP contribution is 2.05. The average molecular weight is 286 g/mol. The van der Waals surface area contributed by atoms with Gasteiger partial charge in [0.15, 0.2) is 0 Å². The molecular weight excluding hydrogens is 256 g/mol. The first-order valence-corrected chi connectivity index (χ1v) is 8.02. The fourth-order valence-electron chi connectivity index (χ4n) is 1.76. The van der Waals surface area contributed by atoms with Gasteiger partial charge in [-0.2, -0.15) is 0 Å². The van der Waals surface area contributed by atoms with Gasteiger partial charge in [0.05, 0.1) is 13.2 Å². The standard InChI is InChI=1S/C10H16O4.C6H14/c11-9-5-1-2-6-10(12)14-8-4-3-7-13-9;1-3-5-6-4-2/h1-8H2;3-6H2,1-2H3. The molecule has 1 heterocycles. The predicted octanol–water partition coefficient (Wildman–Crippen LogP) is 4.01. The van der Waals surface area contributed by atoms with E-state index in [1.807, 2.05) is 0 Å². The molecule has 0 aromatic heterocycles. The number of esters is 2. The number of rotatable bonds is 3. The molecule has 1 rings (SSSR count). The van der Waals surface area contributed by atoms with Crippen LogP contribution in [0, 0.1) is 0 Å². The van der Waals surface area contributed by atoms with Gasteiger partial charge >= 0.3 is 11.9 Å². The Kier molecular flexibility index (Phi) is 13.6. The minimum Gasteiger partial charge on any atom is -0.466 e. The molecule has 0 spiro atoms. The molecule has 0 aliphatic carbocycles. The predicted molar refractivity (Wildman–Crippen MR) is 79.4 cm³/mol. The zero-order valence-corrected chi connectivity index (χ0v) is 13.1. The molecule has 0 bridgehead atoms. The first-order chi connectivity index (χ1) is 9.70. The summed E-state index contributed by atoms with van der Waals surface area (Å²) in [6.45, 7) is 5.35. The molecule has 4 heteroatoms.